The first-order chi connectivity index (χ1) is 13.1. The van der Waals surface area contributed by atoms with Crippen molar-refractivity contribution < 1.29 is 14.3 Å². The molecule has 1 aliphatic heterocycles. The minimum Gasteiger partial charge on any atom is -0.497 e. The fraction of sp³-hybridized carbons (Fsp3) is 0.429. The van der Waals surface area contributed by atoms with Crippen LogP contribution in [0.2, 0.25) is 0 Å². The van der Waals surface area contributed by atoms with Gasteiger partial charge in [0, 0.05) is 11.4 Å². The molecular weight excluding hydrogens is 360 g/mol. The molecule has 0 radical (unpaired) electrons. The summed E-state index contributed by atoms with van der Waals surface area (Å²) >= 11 is 1.44. The van der Waals surface area contributed by atoms with E-state index in [4.69, 9.17) is 4.74 Å². The smallest absolute Gasteiger partial charge is 0.261 e. The highest BCUT2D eigenvalue weighted by molar-refractivity contribution is 7.13. The minimum atomic E-state index is -0.183. The van der Waals surface area contributed by atoms with Gasteiger partial charge in [-0.2, -0.15) is 0 Å². The van der Waals surface area contributed by atoms with Crippen LogP contribution in [0.15, 0.2) is 36.4 Å². The van der Waals surface area contributed by atoms with Crippen molar-refractivity contribution in [1.82, 2.24) is 10.2 Å². The zero-order chi connectivity index (χ0) is 19.2. The number of amides is 2. The van der Waals surface area contributed by atoms with Gasteiger partial charge in [0.2, 0.25) is 5.91 Å². The molecule has 1 fully saturated rings. The van der Waals surface area contributed by atoms with Crippen LogP contribution >= 0.6 is 11.3 Å². The maximum absolute atomic E-state index is 12.9. The number of aryl methyl sites for hydroxylation is 1. The summed E-state index contributed by atoms with van der Waals surface area (Å²) < 4.78 is 5.24. The van der Waals surface area contributed by atoms with Crippen molar-refractivity contribution in [1.29, 1.82) is 0 Å². The molecule has 0 aliphatic carbocycles. The monoisotopic (exact) mass is 386 g/mol. The van der Waals surface area contributed by atoms with Crippen LogP contribution in [0, 0.1) is 6.92 Å². The lowest BCUT2D eigenvalue weighted by molar-refractivity contribution is -0.132. The van der Waals surface area contributed by atoms with Crippen LogP contribution in [0.5, 0.6) is 5.75 Å². The molecule has 0 unspecified atom stereocenters. The standard InChI is InChI=1S/C21H26N2O3S/c1-15-7-12-19(27-15)21(25)22-14-20(24)23-13-5-3-4-6-18(23)16-8-10-17(26-2)11-9-16/h7-12,18H,3-6,13-14H2,1-2H3,(H,22,25)/t18-/m0/s1. The number of methoxy groups -OCH3 is 1. The molecule has 1 aliphatic rings. The van der Waals surface area contributed by atoms with Crippen LogP contribution in [-0.4, -0.2) is 36.9 Å². The quantitative estimate of drug-likeness (QED) is 0.847. The SMILES string of the molecule is COc1ccc([C@@H]2CCCCCN2C(=O)CNC(=O)c2ccc(C)s2)cc1. The Labute approximate surface area is 164 Å². The molecule has 2 amide bonds. The van der Waals surface area contributed by atoms with Crippen molar-refractivity contribution in [2.45, 2.75) is 38.6 Å². The Morgan fingerprint density at radius 3 is 2.59 bits per heavy atom. The molecule has 0 spiro atoms. The lowest BCUT2D eigenvalue weighted by Crippen LogP contribution is -2.42. The summed E-state index contributed by atoms with van der Waals surface area (Å²) in [4.78, 5) is 28.8. The molecule has 1 aromatic heterocycles. The van der Waals surface area contributed by atoms with E-state index in [0.29, 0.717) is 4.88 Å². The predicted molar refractivity (Wildman–Crippen MR) is 107 cm³/mol. The Bertz CT molecular complexity index is 785. The average Bonchev–Trinajstić information content (AvgIpc) is 2.98. The number of benzene rings is 1. The highest BCUT2D eigenvalue weighted by atomic mass is 32.1. The van der Waals surface area contributed by atoms with E-state index in [1.165, 1.54) is 11.3 Å². The molecule has 27 heavy (non-hydrogen) atoms. The van der Waals surface area contributed by atoms with Crippen molar-refractivity contribution >= 4 is 23.2 Å². The van der Waals surface area contributed by atoms with Crippen molar-refractivity contribution in [2.24, 2.45) is 0 Å². The summed E-state index contributed by atoms with van der Waals surface area (Å²) in [6.45, 7) is 2.72. The maximum atomic E-state index is 12.9. The number of hydrogen-bond acceptors (Lipinski definition) is 4. The van der Waals surface area contributed by atoms with Gasteiger partial charge in [0.25, 0.3) is 5.91 Å². The number of hydrogen-bond donors (Lipinski definition) is 1. The first kappa shape index (κ1) is 19.4. The molecule has 2 heterocycles. The Kier molecular flexibility index (Phi) is 6.50. The third-order valence-corrected chi connectivity index (χ3v) is 5.94. The third kappa shape index (κ3) is 4.89. The van der Waals surface area contributed by atoms with E-state index < -0.39 is 0 Å². The second kappa shape index (κ2) is 9.04. The van der Waals surface area contributed by atoms with Gasteiger partial charge < -0.3 is 15.0 Å². The second-order valence-corrected chi connectivity index (χ2v) is 8.11. The Morgan fingerprint density at radius 1 is 1.15 bits per heavy atom. The van der Waals surface area contributed by atoms with Crippen molar-refractivity contribution in [3.8, 4) is 5.75 Å². The van der Waals surface area contributed by atoms with Gasteiger partial charge in [-0.15, -0.1) is 11.3 Å². The number of rotatable bonds is 5. The Balaban J connectivity index is 1.68. The average molecular weight is 387 g/mol. The van der Waals surface area contributed by atoms with Gasteiger partial charge in [-0.3, -0.25) is 9.59 Å². The molecule has 0 bridgehead atoms. The first-order valence-corrected chi connectivity index (χ1v) is 10.2. The molecule has 5 nitrogen and oxygen atoms in total. The van der Waals surface area contributed by atoms with Gasteiger partial charge in [0.1, 0.15) is 5.75 Å². The van der Waals surface area contributed by atoms with Crippen LogP contribution in [-0.2, 0) is 4.79 Å². The van der Waals surface area contributed by atoms with Crippen LogP contribution < -0.4 is 10.1 Å². The number of likely N-dealkylation sites (tertiary alicyclic amines) is 1. The van der Waals surface area contributed by atoms with Crippen LogP contribution in [0.25, 0.3) is 0 Å². The van der Waals surface area contributed by atoms with E-state index in [0.717, 1.165) is 48.4 Å². The fourth-order valence-electron chi connectivity index (χ4n) is 3.48. The van der Waals surface area contributed by atoms with Crippen LogP contribution in [0.3, 0.4) is 0 Å². The molecule has 0 saturated carbocycles. The van der Waals surface area contributed by atoms with Gasteiger partial charge in [0.15, 0.2) is 0 Å². The number of nitrogens with zero attached hydrogens (tertiary/aromatic N) is 1. The number of nitrogens with one attached hydrogen (secondary N) is 1. The maximum Gasteiger partial charge on any atom is 0.261 e. The van der Waals surface area contributed by atoms with E-state index in [9.17, 15) is 9.59 Å². The molecule has 2 aromatic rings. The predicted octanol–water partition coefficient (Wildman–Crippen LogP) is 3.94. The van der Waals surface area contributed by atoms with E-state index in [1.54, 1.807) is 13.2 Å². The molecule has 144 valence electrons. The highest BCUT2D eigenvalue weighted by Gasteiger charge is 2.27. The molecule has 1 atom stereocenters. The Hall–Kier alpha value is -2.34. The van der Waals surface area contributed by atoms with E-state index in [1.807, 2.05) is 42.2 Å². The summed E-state index contributed by atoms with van der Waals surface area (Å²) in [7, 11) is 1.65. The molecule has 6 heteroatoms. The molecule has 3 rings (SSSR count). The van der Waals surface area contributed by atoms with Gasteiger partial charge in [-0.1, -0.05) is 25.0 Å². The third-order valence-electron chi connectivity index (χ3n) is 4.94. The minimum absolute atomic E-state index is 0.0284. The zero-order valence-electron chi connectivity index (χ0n) is 15.9. The van der Waals surface area contributed by atoms with Crippen molar-refractivity contribution in [3.05, 3.63) is 51.7 Å². The summed E-state index contributed by atoms with van der Waals surface area (Å²) in [5.74, 6) is 0.598. The first-order valence-electron chi connectivity index (χ1n) is 9.36. The van der Waals surface area contributed by atoms with Crippen molar-refractivity contribution in [3.63, 3.8) is 0 Å². The second-order valence-electron chi connectivity index (χ2n) is 6.82. The van der Waals surface area contributed by atoms with Gasteiger partial charge in [-0.05, 0) is 49.6 Å². The summed E-state index contributed by atoms with van der Waals surface area (Å²) in [6.07, 6.45) is 4.16. The van der Waals surface area contributed by atoms with E-state index in [2.05, 4.69) is 5.32 Å². The Morgan fingerprint density at radius 2 is 1.93 bits per heavy atom. The molecular formula is C21H26N2O3S. The largest absolute Gasteiger partial charge is 0.497 e. The van der Waals surface area contributed by atoms with Crippen molar-refractivity contribution in [2.75, 3.05) is 20.2 Å². The molecule has 1 N–H and O–H groups in total. The number of carbonyl (C=O) groups is 2. The molecule has 1 aromatic carbocycles. The van der Waals surface area contributed by atoms with Gasteiger partial charge in [0.05, 0.1) is 24.6 Å². The summed E-state index contributed by atoms with van der Waals surface area (Å²) in [6, 6.07) is 11.7. The summed E-state index contributed by atoms with van der Waals surface area (Å²) in [5, 5.41) is 2.78. The lowest BCUT2D eigenvalue weighted by atomic mass is 10.0. The van der Waals surface area contributed by atoms with Gasteiger partial charge in [-0.25, -0.2) is 0 Å². The number of carbonyl (C=O) groups excluding carboxylic acids is 2. The summed E-state index contributed by atoms with van der Waals surface area (Å²) in [5.41, 5.74) is 1.12. The van der Waals surface area contributed by atoms with E-state index in [-0.39, 0.29) is 24.4 Å². The van der Waals surface area contributed by atoms with Crippen LogP contribution in [0.4, 0.5) is 0 Å². The zero-order valence-corrected chi connectivity index (χ0v) is 16.7. The molecule has 1 saturated heterocycles. The lowest BCUT2D eigenvalue weighted by Gasteiger charge is -2.30. The highest BCUT2D eigenvalue weighted by Crippen LogP contribution is 2.31. The number of thiophene rings is 1. The number of ether oxygens (including phenoxy) is 1. The van der Waals surface area contributed by atoms with E-state index >= 15 is 0 Å². The normalized spacial score (nSPS) is 17.3. The topological polar surface area (TPSA) is 58.6 Å². The van der Waals surface area contributed by atoms with Crippen LogP contribution in [0.1, 0.15) is 51.8 Å². The fourth-order valence-corrected chi connectivity index (χ4v) is 4.26. The van der Waals surface area contributed by atoms with Gasteiger partial charge >= 0.3 is 0 Å².